The van der Waals surface area contributed by atoms with Crippen LogP contribution in [0.2, 0.25) is 0 Å². The molecule has 0 unspecified atom stereocenters. The van der Waals surface area contributed by atoms with Crippen molar-refractivity contribution in [1.29, 1.82) is 0 Å². The van der Waals surface area contributed by atoms with E-state index >= 15 is 0 Å². The maximum absolute atomic E-state index is 13.0. The van der Waals surface area contributed by atoms with Crippen molar-refractivity contribution in [3.63, 3.8) is 0 Å². The lowest BCUT2D eigenvalue weighted by Crippen LogP contribution is -2.29. The van der Waals surface area contributed by atoms with Crippen LogP contribution >= 0.6 is 0 Å². The van der Waals surface area contributed by atoms with Crippen molar-refractivity contribution in [2.75, 3.05) is 5.32 Å². The van der Waals surface area contributed by atoms with Gasteiger partial charge in [-0.1, -0.05) is 19.1 Å². The zero-order valence-electron chi connectivity index (χ0n) is 14.5. The number of halogens is 1. The molecule has 4 rings (SSSR count). The van der Waals surface area contributed by atoms with Crippen LogP contribution in [0.5, 0.6) is 0 Å². The average molecular weight is 365 g/mol. The Labute approximate surface area is 153 Å². The van der Waals surface area contributed by atoms with Gasteiger partial charge in [-0.2, -0.15) is 0 Å². The summed E-state index contributed by atoms with van der Waals surface area (Å²) in [4.78, 5) is 25.4. The summed E-state index contributed by atoms with van der Waals surface area (Å²) in [6.45, 7) is 1.74. The quantitative estimate of drug-likeness (QED) is 0.602. The molecule has 0 fully saturated rings. The van der Waals surface area contributed by atoms with Gasteiger partial charge in [-0.05, 0) is 36.4 Å². The predicted octanol–water partition coefficient (Wildman–Crippen LogP) is 2.38. The van der Waals surface area contributed by atoms with Crippen LogP contribution in [0.15, 0.2) is 53.3 Å². The van der Waals surface area contributed by atoms with Crippen molar-refractivity contribution in [1.82, 2.24) is 19.2 Å². The summed E-state index contributed by atoms with van der Waals surface area (Å²) in [5, 5.41) is 10.8. The van der Waals surface area contributed by atoms with Crippen molar-refractivity contribution < 1.29 is 9.18 Å². The number of nitrogens with zero attached hydrogens (tertiary/aromatic N) is 4. The number of amides is 1. The molecule has 0 spiro atoms. The Hall–Kier alpha value is -3.55. The van der Waals surface area contributed by atoms with Gasteiger partial charge in [0.25, 0.3) is 5.56 Å². The molecule has 0 radical (unpaired) electrons. The topological polar surface area (TPSA) is 81.3 Å². The van der Waals surface area contributed by atoms with E-state index in [1.807, 2.05) is 19.1 Å². The molecule has 2 aromatic heterocycles. The van der Waals surface area contributed by atoms with Gasteiger partial charge in [-0.15, -0.1) is 10.2 Å². The molecule has 8 heteroatoms. The summed E-state index contributed by atoms with van der Waals surface area (Å²) >= 11 is 0. The summed E-state index contributed by atoms with van der Waals surface area (Å²) in [5.74, 6) is -0.103. The van der Waals surface area contributed by atoms with E-state index < -0.39 is 11.5 Å². The van der Waals surface area contributed by atoms with Crippen LogP contribution in [0.25, 0.3) is 16.7 Å². The number of aryl methyl sites for hydroxylation is 1. The molecule has 27 heavy (non-hydrogen) atoms. The summed E-state index contributed by atoms with van der Waals surface area (Å²) in [5.41, 5.74) is 1.60. The van der Waals surface area contributed by atoms with Gasteiger partial charge in [0.1, 0.15) is 18.2 Å². The van der Waals surface area contributed by atoms with Crippen molar-refractivity contribution >= 4 is 28.3 Å². The third-order valence-corrected chi connectivity index (χ3v) is 4.33. The number of rotatable bonds is 4. The molecule has 2 heterocycles. The third kappa shape index (κ3) is 2.95. The molecule has 0 saturated carbocycles. The van der Waals surface area contributed by atoms with E-state index in [0.717, 1.165) is 5.52 Å². The number of fused-ring (bicyclic) bond motifs is 3. The fraction of sp³-hybridized carbons (Fsp3) is 0.158. The molecular weight excluding hydrogens is 349 g/mol. The molecule has 1 N–H and O–H groups in total. The van der Waals surface area contributed by atoms with E-state index in [4.69, 9.17) is 0 Å². The van der Waals surface area contributed by atoms with E-state index in [1.54, 1.807) is 16.5 Å². The van der Waals surface area contributed by atoms with E-state index in [9.17, 15) is 14.0 Å². The van der Waals surface area contributed by atoms with E-state index in [-0.39, 0.29) is 18.0 Å². The number of carbonyl (C=O) groups excluding carboxylic acids is 1. The Bertz CT molecular complexity index is 1210. The van der Waals surface area contributed by atoms with Crippen LogP contribution in [0, 0.1) is 5.82 Å². The van der Waals surface area contributed by atoms with Crippen LogP contribution < -0.4 is 10.9 Å². The zero-order chi connectivity index (χ0) is 19.0. The first-order chi connectivity index (χ1) is 13.1. The highest BCUT2D eigenvalue weighted by Gasteiger charge is 2.17. The Kier molecular flexibility index (Phi) is 4.15. The smallest absolute Gasteiger partial charge is 0.297 e. The monoisotopic (exact) mass is 365 g/mol. The second-order valence-corrected chi connectivity index (χ2v) is 6.06. The van der Waals surface area contributed by atoms with Crippen LogP contribution in [-0.4, -0.2) is 25.1 Å². The van der Waals surface area contributed by atoms with Gasteiger partial charge in [0.2, 0.25) is 11.6 Å². The number of aromatic nitrogens is 4. The predicted molar refractivity (Wildman–Crippen MR) is 99.2 cm³/mol. The molecular formula is C19H16FN5O2. The first-order valence-electron chi connectivity index (χ1n) is 8.49. The minimum Gasteiger partial charge on any atom is -0.325 e. The standard InChI is InChI=1S/C19H16FN5O2/c1-2-16-22-23-18-19(27)24(14-5-3-4-6-15(14)25(16)18)11-17(26)21-13-9-7-12(20)8-10-13/h3-10H,2,11H2,1H3,(H,21,26). The Morgan fingerprint density at radius 3 is 2.48 bits per heavy atom. The fourth-order valence-corrected chi connectivity index (χ4v) is 3.08. The number of carbonyl (C=O) groups is 1. The number of para-hydroxylation sites is 2. The molecule has 0 aliphatic carbocycles. The molecule has 4 aromatic rings. The van der Waals surface area contributed by atoms with Crippen molar-refractivity contribution in [3.05, 3.63) is 70.5 Å². The largest absolute Gasteiger partial charge is 0.325 e. The molecule has 2 aromatic carbocycles. The van der Waals surface area contributed by atoms with Gasteiger partial charge in [0.05, 0.1) is 11.0 Å². The first kappa shape index (κ1) is 16.9. The van der Waals surface area contributed by atoms with E-state index in [1.165, 1.54) is 28.8 Å². The Balaban J connectivity index is 1.79. The molecule has 0 aliphatic rings. The molecule has 0 atom stereocenters. The SMILES string of the molecule is CCc1nnc2c(=O)n(CC(=O)Nc3ccc(F)cc3)c3ccccc3n12. The normalized spacial score (nSPS) is 11.2. The summed E-state index contributed by atoms with van der Waals surface area (Å²) in [6, 6.07) is 12.7. The van der Waals surface area contributed by atoms with Crippen LogP contribution in [0.1, 0.15) is 12.7 Å². The number of hydrogen-bond acceptors (Lipinski definition) is 4. The number of hydrogen-bond donors (Lipinski definition) is 1. The van der Waals surface area contributed by atoms with Gasteiger partial charge in [0, 0.05) is 12.1 Å². The number of anilines is 1. The van der Waals surface area contributed by atoms with E-state index in [0.29, 0.717) is 23.4 Å². The van der Waals surface area contributed by atoms with Crippen molar-refractivity contribution in [2.45, 2.75) is 19.9 Å². The van der Waals surface area contributed by atoms with E-state index in [2.05, 4.69) is 15.5 Å². The van der Waals surface area contributed by atoms with Crippen LogP contribution in [0.4, 0.5) is 10.1 Å². The molecule has 136 valence electrons. The lowest BCUT2D eigenvalue weighted by Gasteiger charge is -2.12. The molecule has 1 amide bonds. The lowest BCUT2D eigenvalue weighted by molar-refractivity contribution is -0.116. The summed E-state index contributed by atoms with van der Waals surface area (Å²) in [7, 11) is 0. The van der Waals surface area contributed by atoms with Gasteiger partial charge in [-0.3, -0.25) is 18.6 Å². The van der Waals surface area contributed by atoms with Crippen LogP contribution in [-0.2, 0) is 17.8 Å². The highest BCUT2D eigenvalue weighted by molar-refractivity contribution is 5.91. The molecule has 0 saturated heterocycles. The highest BCUT2D eigenvalue weighted by Crippen LogP contribution is 2.16. The zero-order valence-corrected chi connectivity index (χ0v) is 14.5. The summed E-state index contributed by atoms with van der Waals surface area (Å²) in [6.07, 6.45) is 0.625. The lowest BCUT2D eigenvalue weighted by atomic mass is 10.2. The summed E-state index contributed by atoms with van der Waals surface area (Å²) < 4.78 is 16.1. The molecule has 7 nitrogen and oxygen atoms in total. The van der Waals surface area contributed by atoms with Crippen LogP contribution in [0.3, 0.4) is 0 Å². The second-order valence-electron chi connectivity index (χ2n) is 6.06. The Morgan fingerprint density at radius 1 is 1.07 bits per heavy atom. The second kappa shape index (κ2) is 6.64. The Morgan fingerprint density at radius 2 is 1.78 bits per heavy atom. The number of benzene rings is 2. The average Bonchev–Trinajstić information content (AvgIpc) is 3.11. The van der Waals surface area contributed by atoms with Gasteiger partial charge in [-0.25, -0.2) is 4.39 Å². The fourth-order valence-electron chi connectivity index (χ4n) is 3.08. The third-order valence-electron chi connectivity index (χ3n) is 4.33. The minimum absolute atomic E-state index is 0.181. The van der Waals surface area contributed by atoms with Gasteiger partial charge < -0.3 is 5.32 Å². The van der Waals surface area contributed by atoms with Crippen molar-refractivity contribution in [3.8, 4) is 0 Å². The maximum atomic E-state index is 13.0. The molecule has 0 bridgehead atoms. The number of nitrogens with one attached hydrogen (secondary N) is 1. The maximum Gasteiger partial charge on any atom is 0.297 e. The minimum atomic E-state index is -0.395. The molecule has 0 aliphatic heterocycles. The highest BCUT2D eigenvalue weighted by atomic mass is 19.1. The first-order valence-corrected chi connectivity index (χ1v) is 8.49. The van der Waals surface area contributed by atoms with Crippen molar-refractivity contribution in [2.24, 2.45) is 0 Å². The van der Waals surface area contributed by atoms with Gasteiger partial charge >= 0.3 is 0 Å². The van der Waals surface area contributed by atoms with Gasteiger partial charge in [0.15, 0.2) is 0 Å².